The highest BCUT2D eigenvalue weighted by Crippen LogP contribution is 2.34. The van der Waals surface area contributed by atoms with Gasteiger partial charge in [-0.15, -0.1) is 11.3 Å². The van der Waals surface area contributed by atoms with Crippen molar-refractivity contribution in [1.82, 2.24) is 10.3 Å². The van der Waals surface area contributed by atoms with Crippen LogP contribution in [0, 0.1) is 18.8 Å². The second kappa shape index (κ2) is 7.85. The number of carbonyl (C=O) groups excluding carboxylic acids is 1. The first kappa shape index (κ1) is 18.4. The third-order valence-electron chi connectivity index (χ3n) is 4.97. The standard InChI is InChI=1S/C19H24ClN3OS/c1-11(22-18(24)16-5-3-4-14(16)10-21)17-12(2)23-19(25-17)13-6-8-15(20)9-7-13/h6-9,11,14,16H,3-5,10,21H2,1-2H3,(H,22,24)/t11?,14-,16-/m1/s1. The van der Waals surface area contributed by atoms with Crippen molar-refractivity contribution in [2.45, 2.75) is 39.2 Å². The van der Waals surface area contributed by atoms with Crippen molar-refractivity contribution in [1.29, 1.82) is 0 Å². The minimum absolute atomic E-state index is 0.0509. The summed E-state index contributed by atoms with van der Waals surface area (Å²) in [5.41, 5.74) is 7.81. The zero-order valence-corrected chi connectivity index (χ0v) is 16.2. The summed E-state index contributed by atoms with van der Waals surface area (Å²) in [7, 11) is 0. The van der Waals surface area contributed by atoms with Crippen molar-refractivity contribution in [2.75, 3.05) is 6.54 Å². The summed E-state index contributed by atoms with van der Waals surface area (Å²) in [6, 6.07) is 7.62. The van der Waals surface area contributed by atoms with Gasteiger partial charge in [-0.05, 0) is 51.3 Å². The van der Waals surface area contributed by atoms with E-state index in [0.717, 1.165) is 40.4 Å². The fraction of sp³-hybridized carbons (Fsp3) is 0.474. The number of thiazole rings is 1. The monoisotopic (exact) mass is 377 g/mol. The normalized spacial score (nSPS) is 21.3. The van der Waals surface area contributed by atoms with Crippen LogP contribution in [0.25, 0.3) is 10.6 Å². The van der Waals surface area contributed by atoms with E-state index in [4.69, 9.17) is 17.3 Å². The maximum absolute atomic E-state index is 12.6. The molecule has 2 aromatic rings. The molecule has 3 atom stereocenters. The lowest BCUT2D eigenvalue weighted by Gasteiger charge is -2.20. The van der Waals surface area contributed by atoms with Gasteiger partial charge >= 0.3 is 0 Å². The van der Waals surface area contributed by atoms with Gasteiger partial charge in [0.1, 0.15) is 5.01 Å². The Balaban J connectivity index is 1.73. The van der Waals surface area contributed by atoms with Crippen LogP contribution in [0.1, 0.15) is 42.8 Å². The molecule has 4 nitrogen and oxygen atoms in total. The third-order valence-corrected chi connectivity index (χ3v) is 6.62. The number of hydrogen-bond acceptors (Lipinski definition) is 4. The highest BCUT2D eigenvalue weighted by Gasteiger charge is 2.32. The van der Waals surface area contributed by atoms with Crippen molar-refractivity contribution in [2.24, 2.45) is 17.6 Å². The van der Waals surface area contributed by atoms with E-state index in [9.17, 15) is 4.79 Å². The summed E-state index contributed by atoms with van der Waals surface area (Å²) < 4.78 is 0. The SMILES string of the molecule is Cc1nc(-c2ccc(Cl)cc2)sc1C(C)NC(=O)[C@@H]1CCC[C@@H]1CN. The van der Waals surface area contributed by atoms with Gasteiger partial charge in [-0.25, -0.2) is 4.98 Å². The van der Waals surface area contributed by atoms with Gasteiger partial charge < -0.3 is 11.1 Å². The van der Waals surface area contributed by atoms with Gasteiger partial charge in [-0.1, -0.05) is 30.2 Å². The molecule has 0 saturated heterocycles. The molecule has 1 aliphatic carbocycles. The number of rotatable bonds is 5. The molecule has 1 aromatic heterocycles. The molecule has 1 heterocycles. The van der Waals surface area contributed by atoms with E-state index < -0.39 is 0 Å². The topological polar surface area (TPSA) is 68.0 Å². The Labute approximate surface area is 157 Å². The van der Waals surface area contributed by atoms with Crippen LogP contribution in [0.3, 0.4) is 0 Å². The van der Waals surface area contributed by atoms with Crippen LogP contribution >= 0.6 is 22.9 Å². The predicted octanol–water partition coefficient (Wildman–Crippen LogP) is 4.32. The molecule has 0 bridgehead atoms. The number of nitrogens with two attached hydrogens (primary N) is 1. The van der Waals surface area contributed by atoms with Crippen molar-refractivity contribution in [3.8, 4) is 10.6 Å². The first-order valence-corrected chi connectivity index (χ1v) is 9.92. The van der Waals surface area contributed by atoms with E-state index in [1.54, 1.807) is 11.3 Å². The van der Waals surface area contributed by atoms with Gasteiger partial charge in [-0.2, -0.15) is 0 Å². The Morgan fingerprint density at radius 3 is 2.80 bits per heavy atom. The predicted molar refractivity (Wildman–Crippen MR) is 104 cm³/mol. The van der Waals surface area contributed by atoms with Crippen LogP contribution in [0.15, 0.2) is 24.3 Å². The molecule has 1 amide bonds. The molecule has 134 valence electrons. The summed E-state index contributed by atoms with van der Waals surface area (Å²) in [6.07, 6.45) is 3.09. The Morgan fingerprint density at radius 2 is 2.12 bits per heavy atom. The Morgan fingerprint density at radius 1 is 1.40 bits per heavy atom. The molecular formula is C19H24ClN3OS. The summed E-state index contributed by atoms with van der Waals surface area (Å²) in [5, 5.41) is 4.83. The van der Waals surface area contributed by atoms with Crippen LogP contribution < -0.4 is 11.1 Å². The van der Waals surface area contributed by atoms with Gasteiger partial charge in [0.2, 0.25) is 5.91 Å². The van der Waals surface area contributed by atoms with Gasteiger partial charge in [0.15, 0.2) is 0 Å². The molecule has 3 N–H and O–H groups in total. The smallest absolute Gasteiger partial charge is 0.223 e. The Hall–Kier alpha value is -1.43. The average Bonchev–Trinajstić information content (AvgIpc) is 3.21. The number of hydrogen-bond donors (Lipinski definition) is 2. The molecule has 0 aliphatic heterocycles. The number of amides is 1. The number of carbonyl (C=O) groups is 1. The molecule has 1 saturated carbocycles. The molecule has 25 heavy (non-hydrogen) atoms. The van der Waals surface area contributed by atoms with Crippen molar-refractivity contribution < 1.29 is 4.79 Å². The number of nitrogens with zero attached hydrogens (tertiary/aromatic N) is 1. The largest absolute Gasteiger partial charge is 0.348 e. The summed E-state index contributed by atoms with van der Waals surface area (Å²) in [6.45, 7) is 4.61. The van der Waals surface area contributed by atoms with E-state index >= 15 is 0 Å². The van der Waals surface area contributed by atoms with Gasteiger partial charge in [0, 0.05) is 16.5 Å². The van der Waals surface area contributed by atoms with E-state index in [1.807, 2.05) is 38.1 Å². The summed E-state index contributed by atoms with van der Waals surface area (Å²) >= 11 is 7.58. The number of aromatic nitrogens is 1. The molecular weight excluding hydrogens is 354 g/mol. The number of aryl methyl sites for hydroxylation is 1. The highest BCUT2D eigenvalue weighted by molar-refractivity contribution is 7.15. The minimum Gasteiger partial charge on any atom is -0.348 e. The maximum Gasteiger partial charge on any atom is 0.223 e. The molecule has 3 rings (SSSR count). The van der Waals surface area contributed by atoms with Crippen LogP contribution in [0.4, 0.5) is 0 Å². The first-order valence-electron chi connectivity index (χ1n) is 8.73. The van der Waals surface area contributed by atoms with Crippen LogP contribution in [-0.2, 0) is 4.79 Å². The van der Waals surface area contributed by atoms with Gasteiger partial charge in [-0.3, -0.25) is 4.79 Å². The van der Waals surface area contributed by atoms with Crippen molar-refractivity contribution >= 4 is 28.8 Å². The third kappa shape index (κ3) is 4.05. The zero-order valence-electron chi connectivity index (χ0n) is 14.6. The lowest BCUT2D eigenvalue weighted by Crippen LogP contribution is -2.36. The number of nitrogens with one attached hydrogen (secondary N) is 1. The summed E-state index contributed by atoms with van der Waals surface area (Å²) in [5.74, 6) is 0.497. The molecule has 1 aliphatic rings. The average molecular weight is 378 g/mol. The quantitative estimate of drug-likeness (QED) is 0.815. The molecule has 1 aromatic carbocycles. The molecule has 1 fully saturated rings. The highest BCUT2D eigenvalue weighted by atomic mass is 35.5. The van der Waals surface area contributed by atoms with Crippen LogP contribution in [0.2, 0.25) is 5.02 Å². The zero-order chi connectivity index (χ0) is 18.0. The second-order valence-corrected chi connectivity index (χ2v) is 8.21. The number of halogens is 1. The van der Waals surface area contributed by atoms with E-state index in [-0.39, 0.29) is 17.9 Å². The number of benzene rings is 1. The van der Waals surface area contributed by atoms with E-state index in [1.165, 1.54) is 0 Å². The molecule has 0 spiro atoms. The van der Waals surface area contributed by atoms with Crippen molar-refractivity contribution in [3.05, 3.63) is 39.9 Å². The lowest BCUT2D eigenvalue weighted by atomic mass is 9.95. The lowest BCUT2D eigenvalue weighted by molar-refractivity contribution is -0.126. The second-order valence-electron chi connectivity index (χ2n) is 6.74. The molecule has 6 heteroatoms. The summed E-state index contributed by atoms with van der Waals surface area (Å²) in [4.78, 5) is 18.4. The Kier molecular flexibility index (Phi) is 5.77. The molecule has 1 unspecified atom stereocenters. The van der Waals surface area contributed by atoms with Gasteiger partial charge in [0.25, 0.3) is 0 Å². The minimum atomic E-state index is -0.0509. The maximum atomic E-state index is 12.6. The van der Waals surface area contributed by atoms with Gasteiger partial charge in [0.05, 0.1) is 16.6 Å². The molecule has 0 radical (unpaired) electrons. The first-order chi connectivity index (χ1) is 12.0. The van der Waals surface area contributed by atoms with Crippen molar-refractivity contribution in [3.63, 3.8) is 0 Å². The van der Waals surface area contributed by atoms with E-state index in [2.05, 4.69) is 10.3 Å². The van der Waals surface area contributed by atoms with Crippen LogP contribution in [-0.4, -0.2) is 17.4 Å². The Bertz CT molecular complexity index is 744. The van der Waals surface area contributed by atoms with E-state index in [0.29, 0.717) is 17.5 Å². The van der Waals surface area contributed by atoms with Crippen LogP contribution in [0.5, 0.6) is 0 Å². The fourth-order valence-corrected chi connectivity index (χ4v) is 4.78. The fourth-order valence-electron chi connectivity index (χ4n) is 3.58.